The number of nitrogens with one attached hydrogen (secondary N) is 2. The van der Waals surface area contributed by atoms with Gasteiger partial charge in [0.1, 0.15) is 110 Å². The minimum atomic E-state index is -3.19. The molecule has 5 fully saturated rings. The van der Waals surface area contributed by atoms with Gasteiger partial charge in [-0.15, -0.1) is 0 Å². The number of aliphatic carboxylic acids is 1. The third kappa shape index (κ3) is 11.5. The fourth-order valence-corrected chi connectivity index (χ4v) is 8.25. The van der Waals surface area contributed by atoms with Crippen molar-refractivity contribution in [2.24, 2.45) is 0 Å². The molecular weight excluding hydrogens is 908 g/mol. The van der Waals surface area contributed by atoms with Crippen LogP contribution in [0.2, 0.25) is 0 Å². The molecule has 0 aromatic heterocycles. The first-order chi connectivity index (χ1) is 31.0. The van der Waals surface area contributed by atoms with Gasteiger partial charge in [-0.1, -0.05) is 0 Å². The van der Waals surface area contributed by atoms with E-state index in [1.807, 2.05) is 0 Å². The summed E-state index contributed by atoms with van der Waals surface area (Å²) in [4.78, 5) is 37.8. The first kappa shape index (κ1) is 54.4. The molecule has 0 aromatic rings. The zero-order valence-corrected chi connectivity index (χ0v) is 35.2. The number of aliphatic hydroxyl groups excluding tert-OH is 15. The van der Waals surface area contributed by atoms with Crippen molar-refractivity contribution in [2.75, 3.05) is 33.0 Å². The predicted octanol–water partition coefficient (Wildman–Crippen LogP) is -11.8. The SMILES string of the molecule is CC(=O)N[C@H]1[C@H](O[C@@H]2[C@@H](O)[C@H](O)O[C@H](CO)[C@@H]2O)O[C@H](CO)[C@@H](O[C@@H]2O[C@H](CO)[C@H](O)[C@H](O[C@]3(C(=O)O)C[C@H](O)[C@@H](NC(C)=O)[C@H]([C@H](O)[C@H](O)CO)O3)[C@H]2O)[C@@H]1O[C@@H]1OC[C@@H](O)[C@@H](O)[C@@H]1O. The Balaban J connectivity index is 1.53. The summed E-state index contributed by atoms with van der Waals surface area (Å²) in [6.07, 6.45) is -45.2. The zero-order valence-electron chi connectivity index (χ0n) is 35.2. The molecule has 5 rings (SSSR count). The Morgan fingerprint density at radius 2 is 1.17 bits per heavy atom. The van der Waals surface area contributed by atoms with E-state index in [0.29, 0.717) is 0 Å². The minimum Gasteiger partial charge on any atom is -0.477 e. The van der Waals surface area contributed by atoms with Gasteiger partial charge in [0.15, 0.2) is 25.2 Å². The summed E-state index contributed by atoms with van der Waals surface area (Å²) in [5, 5.41) is 174. The van der Waals surface area contributed by atoms with Crippen LogP contribution in [0.3, 0.4) is 0 Å². The van der Waals surface area contributed by atoms with Crippen LogP contribution in [0.4, 0.5) is 0 Å². The van der Waals surface area contributed by atoms with Gasteiger partial charge < -0.3 is 135 Å². The van der Waals surface area contributed by atoms with Gasteiger partial charge in [-0.3, -0.25) is 9.59 Å². The highest BCUT2D eigenvalue weighted by molar-refractivity contribution is 5.76. The predicted molar refractivity (Wildman–Crippen MR) is 201 cm³/mol. The van der Waals surface area contributed by atoms with Crippen LogP contribution in [0.15, 0.2) is 0 Å². The van der Waals surface area contributed by atoms with Crippen molar-refractivity contribution in [3.05, 3.63) is 0 Å². The Labute approximate surface area is 373 Å². The summed E-state index contributed by atoms with van der Waals surface area (Å²) < 4.78 is 51.3. The van der Waals surface area contributed by atoms with Gasteiger partial charge in [0, 0.05) is 20.3 Å². The Kier molecular flexibility index (Phi) is 18.9. The second-order valence-electron chi connectivity index (χ2n) is 16.4. The maximum Gasteiger partial charge on any atom is 0.364 e. The number of hydrogen-bond acceptors (Lipinski definition) is 27. The lowest BCUT2D eigenvalue weighted by Crippen LogP contribution is -2.72. The van der Waals surface area contributed by atoms with Crippen molar-refractivity contribution in [3.8, 4) is 0 Å². The topological polar surface area (TPSA) is 482 Å². The van der Waals surface area contributed by atoms with Gasteiger partial charge in [0.25, 0.3) is 5.79 Å². The van der Waals surface area contributed by atoms with Gasteiger partial charge in [-0.25, -0.2) is 4.79 Å². The normalized spacial score (nSPS) is 46.5. The molecule has 2 amide bonds. The smallest absolute Gasteiger partial charge is 0.364 e. The van der Waals surface area contributed by atoms with Crippen molar-refractivity contribution < 1.29 is 139 Å². The molecule has 0 aliphatic carbocycles. The molecule has 18 N–H and O–H groups in total. The van der Waals surface area contributed by atoms with Crippen molar-refractivity contribution in [3.63, 3.8) is 0 Å². The number of hydrogen-bond donors (Lipinski definition) is 18. The standard InChI is InChI=1S/C36H60N2O28/c1-9(43)37-17-11(45)3-36(35(56)57,65-27(17)20(49)12(46)4-39)66-30-22(51)15(6-41)60-34(25(30)54)62-26-16(7-42)61-32(64-29-21(50)14(5-40)59-31(55)24(29)53)18(38-10(2)44)28(26)63-33-23(52)19(48)13(47)8-58-33/h11-34,39-42,45-55H,3-8H2,1-2H3,(H,37,43)(H,38,44)(H,56,57)/t11-,12+,13+,14+,15+,16+,17+,18+,19+,20+,21-,22-,23-,24+,25+,26+,27+,28+,29-,30-,31+,32-,33-,34-,36-/m0/s1. The van der Waals surface area contributed by atoms with Gasteiger partial charge in [0.2, 0.25) is 11.8 Å². The maximum absolute atomic E-state index is 13.0. The highest BCUT2D eigenvalue weighted by Crippen LogP contribution is 2.39. The van der Waals surface area contributed by atoms with Crippen LogP contribution in [0.5, 0.6) is 0 Å². The molecule has 5 saturated heterocycles. The Hall–Kier alpha value is -2.55. The number of carboxylic acid groups (broad SMARTS) is 1. The molecule has 0 aromatic carbocycles. The minimum absolute atomic E-state index is 0.656. The average molecular weight is 969 g/mol. The molecule has 0 radical (unpaired) electrons. The second kappa shape index (κ2) is 22.9. The summed E-state index contributed by atoms with van der Waals surface area (Å²) in [5.41, 5.74) is 0. The van der Waals surface area contributed by atoms with E-state index in [4.69, 9.17) is 42.6 Å². The van der Waals surface area contributed by atoms with Crippen molar-refractivity contribution in [1.29, 1.82) is 0 Å². The third-order valence-corrected chi connectivity index (χ3v) is 11.7. The van der Waals surface area contributed by atoms with Crippen molar-refractivity contribution >= 4 is 17.8 Å². The van der Waals surface area contributed by atoms with E-state index in [2.05, 4.69) is 10.6 Å². The Bertz CT molecular complexity index is 1610. The van der Waals surface area contributed by atoms with Gasteiger partial charge >= 0.3 is 5.97 Å². The summed E-state index contributed by atoms with van der Waals surface area (Å²) in [6, 6.07) is -3.46. The quantitative estimate of drug-likeness (QED) is 0.0643. The van der Waals surface area contributed by atoms with E-state index in [1.54, 1.807) is 0 Å². The van der Waals surface area contributed by atoms with Gasteiger partial charge in [-0.2, -0.15) is 0 Å². The number of aliphatic hydroxyl groups is 15. The molecule has 5 aliphatic heterocycles. The van der Waals surface area contributed by atoms with Crippen LogP contribution >= 0.6 is 0 Å². The molecule has 5 heterocycles. The molecule has 25 atom stereocenters. The first-order valence-electron chi connectivity index (χ1n) is 20.6. The Morgan fingerprint density at radius 3 is 1.74 bits per heavy atom. The molecule has 66 heavy (non-hydrogen) atoms. The van der Waals surface area contributed by atoms with E-state index in [-0.39, 0.29) is 0 Å². The lowest BCUT2D eigenvalue weighted by atomic mass is 9.88. The fourth-order valence-electron chi connectivity index (χ4n) is 8.25. The van der Waals surface area contributed by atoms with Gasteiger partial charge in [0.05, 0.1) is 45.2 Å². The van der Waals surface area contributed by atoms with E-state index < -0.39 is 210 Å². The second-order valence-corrected chi connectivity index (χ2v) is 16.4. The van der Waals surface area contributed by atoms with Crippen LogP contribution in [0.1, 0.15) is 20.3 Å². The number of amides is 2. The zero-order chi connectivity index (χ0) is 49.1. The van der Waals surface area contributed by atoms with Crippen LogP contribution in [-0.4, -0.2) is 285 Å². The largest absolute Gasteiger partial charge is 0.477 e. The van der Waals surface area contributed by atoms with Gasteiger partial charge in [-0.05, 0) is 0 Å². The number of carboxylic acids is 1. The summed E-state index contributed by atoms with van der Waals surface area (Å²) in [6.45, 7) is -2.94. The first-order valence-corrected chi connectivity index (χ1v) is 20.6. The van der Waals surface area contributed by atoms with E-state index in [1.165, 1.54) is 0 Å². The summed E-state index contributed by atoms with van der Waals surface area (Å²) >= 11 is 0. The van der Waals surface area contributed by atoms with E-state index in [0.717, 1.165) is 13.8 Å². The average Bonchev–Trinajstić information content (AvgIpc) is 3.27. The van der Waals surface area contributed by atoms with E-state index in [9.17, 15) is 96.1 Å². The monoisotopic (exact) mass is 968 g/mol. The summed E-state index contributed by atoms with van der Waals surface area (Å²) in [5.74, 6) is -6.97. The molecule has 0 spiro atoms. The fraction of sp³-hybridized carbons (Fsp3) is 0.917. The molecule has 30 nitrogen and oxygen atoms in total. The Morgan fingerprint density at radius 1 is 0.621 bits per heavy atom. The van der Waals surface area contributed by atoms with Crippen LogP contribution in [0.25, 0.3) is 0 Å². The molecule has 382 valence electrons. The lowest BCUT2D eigenvalue weighted by molar-refractivity contribution is -0.395. The number of ether oxygens (including phenoxy) is 9. The lowest BCUT2D eigenvalue weighted by Gasteiger charge is -2.52. The van der Waals surface area contributed by atoms with E-state index >= 15 is 0 Å². The maximum atomic E-state index is 13.0. The van der Waals surface area contributed by atoms with Crippen LogP contribution in [0, 0.1) is 0 Å². The molecule has 0 unspecified atom stereocenters. The molecule has 0 bridgehead atoms. The number of carbonyl (C=O) groups is 3. The van der Waals surface area contributed by atoms with Crippen LogP contribution < -0.4 is 10.6 Å². The van der Waals surface area contributed by atoms with Crippen molar-refractivity contribution in [1.82, 2.24) is 10.6 Å². The molecular formula is C36H60N2O28. The molecule has 30 heteroatoms. The highest BCUT2D eigenvalue weighted by atomic mass is 16.8. The molecule has 5 aliphatic rings. The number of rotatable bonds is 17. The third-order valence-electron chi connectivity index (χ3n) is 11.7. The van der Waals surface area contributed by atoms with Crippen molar-refractivity contribution in [2.45, 2.75) is 173 Å². The number of carbonyl (C=O) groups excluding carboxylic acids is 2. The highest BCUT2D eigenvalue weighted by Gasteiger charge is 2.61. The summed E-state index contributed by atoms with van der Waals surface area (Å²) in [7, 11) is 0. The molecule has 0 saturated carbocycles. The van der Waals surface area contributed by atoms with Crippen LogP contribution in [-0.2, 0) is 57.0 Å².